The molecule has 3 nitrogen and oxygen atoms in total. The number of aryl methyl sites for hydroxylation is 1. The van der Waals surface area contributed by atoms with Crippen LogP contribution in [0.5, 0.6) is 0 Å². The predicted octanol–water partition coefficient (Wildman–Crippen LogP) is 5.13. The van der Waals surface area contributed by atoms with Gasteiger partial charge in [-0.05, 0) is 35.7 Å². The van der Waals surface area contributed by atoms with E-state index in [2.05, 4.69) is 17.0 Å². The largest absolute Gasteiger partial charge is 0.368 e. The Labute approximate surface area is 177 Å². The second-order valence-electron chi connectivity index (χ2n) is 7.50. The van der Waals surface area contributed by atoms with Crippen LogP contribution in [0.4, 0.5) is 5.69 Å². The van der Waals surface area contributed by atoms with Crippen LogP contribution in [0.1, 0.15) is 22.6 Å². The van der Waals surface area contributed by atoms with Crippen molar-refractivity contribution in [1.29, 1.82) is 0 Å². The Morgan fingerprint density at radius 3 is 1.90 bits per heavy atom. The van der Waals surface area contributed by atoms with Crippen molar-refractivity contribution in [2.75, 3.05) is 31.1 Å². The topological polar surface area (TPSA) is 23.6 Å². The number of anilines is 1. The van der Waals surface area contributed by atoms with E-state index >= 15 is 0 Å². The number of hydrogen-bond acceptors (Lipinski definition) is 2. The van der Waals surface area contributed by atoms with Crippen molar-refractivity contribution in [2.24, 2.45) is 0 Å². The van der Waals surface area contributed by atoms with Crippen molar-refractivity contribution in [2.45, 2.75) is 12.8 Å². The maximum Gasteiger partial charge on any atom is 0.234 e. The minimum absolute atomic E-state index is 0.170. The van der Waals surface area contributed by atoms with Crippen LogP contribution in [0, 0.1) is 6.92 Å². The van der Waals surface area contributed by atoms with Crippen molar-refractivity contribution in [3.8, 4) is 0 Å². The summed E-state index contributed by atoms with van der Waals surface area (Å²) >= 11 is 6.30. The van der Waals surface area contributed by atoms with E-state index < -0.39 is 0 Å². The molecule has 0 atom stereocenters. The maximum atomic E-state index is 13.5. The van der Waals surface area contributed by atoms with Crippen molar-refractivity contribution in [3.05, 3.63) is 101 Å². The van der Waals surface area contributed by atoms with Gasteiger partial charge < -0.3 is 9.80 Å². The Bertz CT molecular complexity index is 927. The Morgan fingerprint density at radius 1 is 0.828 bits per heavy atom. The fourth-order valence-electron chi connectivity index (χ4n) is 3.91. The smallest absolute Gasteiger partial charge is 0.234 e. The molecular weight excluding hydrogens is 380 g/mol. The van der Waals surface area contributed by atoms with Crippen LogP contribution in [0.2, 0.25) is 5.02 Å². The number of hydrogen-bond donors (Lipinski definition) is 0. The molecule has 0 bridgehead atoms. The first-order valence-electron chi connectivity index (χ1n) is 10.0. The minimum Gasteiger partial charge on any atom is -0.368 e. The summed E-state index contributed by atoms with van der Waals surface area (Å²) in [5.74, 6) is -0.0956. The number of carbonyl (C=O) groups is 1. The summed E-state index contributed by atoms with van der Waals surface area (Å²) in [5, 5.41) is 0.786. The number of nitrogens with zero attached hydrogens (tertiary/aromatic N) is 2. The van der Waals surface area contributed by atoms with Gasteiger partial charge in [-0.3, -0.25) is 4.79 Å². The summed E-state index contributed by atoms with van der Waals surface area (Å²) < 4.78 is 0. The Balaban J connectivity index is 1.51. The van der Waals surface area contributed by atoms with Gasteiger partial charge in [-0.1, -0.05) is 78.3 Å². The van der Waals surface area contributed by atoms with E-state index in [0.717, 1.165) is 40.5 Å². The van der Waals surface area contributed by atoms with Gasteiger partial charge in [0.15, 0.2) is 0 Å². The van der Waals surface area contributed by atoms with Crippen LogP contribution in [0.3, 0.4) is 0 Å². The first-order chi connectivity index (χ1) is 14.1. The molecule has 1 aliphatic heterocycles. The lowest BCUT2D eigenvalue weighted by Gasteiger charge is -2.38. The quantitative estimate of drug-likeness (QED) is 0.601. The van der Waals surface area contributed by atoms with Crippen LogP contribution < -0.4 is 4.90 Å². The van der Waals surface area contributed by atoms with Crippen LogP contribution in [0.15, 0.2) is 78.9 Å². The van der Waals surface area contributed by atoms with E-state index in [1.54, 1.807) is 0 Å². The molecule has 1 fully saturated rings. The molecule has 0 aromatic heterocycles. The van der Waals surface area contributed by atoms with Gasteiger partial charge in [-0.15, -0.1) is 0 Å². The van der Waals surface area contributed by atoms with Crippen molar-refractivity contribution in [3.63, 3.8) is 0 Å². The van der Waals surface area contributed by atoms with Crippen LogP contribution >= 0.6 is 11.6 Å². The molecule has 0 spiro atoms. The number of amides is 1. The average Bonchev–Trinajstić information content (AvgIpc) is 2.77. The second-order valence-corrected chi connectivity index (χ2v) is 7.91. The monoisotopic (exact) mass is 404 g/mol. The third-order valence-corrected chi connectivity index (χ3v) is 6.03. The highest BCUT2D eigenvalue weighted by Gasteiger charge is 2.29. The van der Waals surface area contributed by atoms with Gasteiger partial charge in [0, 0.05) is 36.9 Å². The fraction of sp³-hybridized carbons (Fsp3) is 0.240. The van der Waals surface area contributed by atoms with E-state index in [1.165, 1.54) is 0 Å². The lowest BCUT2D eigenvalue weighted by molar-refractivity contribution is -0.132. The van der Waals surface area contributed by atoms with Gasteiger partial charge in [0.2, 0.25) is 5.91 Å². The maximum absolute atomic E-state index is 13.5. The summed E-state index contributed by atoms with van der Waals surface area (Å²) in [4.78, 5) is 17.8. The Morgan fingerprint density at radius 2 is 1.38 bits per heavy atom. The summed E-state index contributed by atoms with van der Waals surface area (Å²) in [6, 6.07) is 26.3. The summed E-state index contributed by atoms with van der Waals surface area (Å²) in [7, 11) is 0. The van der Waals surface area contributed by atoms with Gasteiger partial charge in [0.25, 0.3) is 0 Å². The van der Waals surface area contributed by atoms with E-state index in [4.69, 9.17) is 11.6 Å². The van der Waals surface area contributed by atoms with Gasteiger partial charge in [0.1, 0.15) is 0 Å². The molecular formula is C25H25ClN2O. The predicted molar refractivity (Wildman–Crippen MR) is 120 cm³/mol. The van der Waals surface area contributed by atoms with Gasteiger partial charge in [-0.2, -0.15) is 0 Å². The number of carbonyl (C=O) groups excluding carboxylic acids is 1. The van der Waals surface area contributed by atoms with Crippen molar-refractivity contribution in [1.82, 2.24) is 4.90 Å². The van der Waals surface area contributed by atoms with Gasteiger partial charge in [-0.25, -0.2) is 0 Å². The first-order valence-corrected chi connectivity index (χ1v) is 10.4. The highest BCUT2D eigenvalue weighted by molar-refractivity contribution is 6.31. The normalized spacial score (nSPS) is 14.3. The zero-order valence-electron chi connectivity index (χ0n) is 16.6. The third kappa shape index (κ3) is 4.30. The number of piperazine rings is 1. The van der Waals surface area contributed by atoms with E-state index in [0.29, 0.717) is 13.1 Å². The standard InChI is InChI=1S/C25H25ClN2O/c1-19-12-13-22(18-23(19)26)27-14-16-28(17-15-27)25(29)24(20-8-4-2-5-9-20)21-10-6-3-7-11-21/h2-13,18,24H,14-17H2,1H3. The summed E-state index contributed by atoms with van der Waals surface area (Å²) in [5.41, 5.74) is 4.28. The van der Waals surface area contributed by atoms with Crippen molar-refractivity contribution < 1.29 is 4.79 Å². The minimum atomic E-state index is -0.266. The highest BCUT2D eigenvalue weighted by atomic mass is 35.5. The first kappa shape index (κ1) is 19.5. The Kier molecular flexibility index (Phi) is 5.86. The molecule has 4 heteroatoms. The molecule has 0 radical (unpaired) electrons. The van der Waals surface area contributed by atoms with Gasteiger partial charge in [0.05, 0.1) is 5.92 Å². The summed E-state index contributed by atoms with van der Waals surface area (Å²) in [6.45, 7) is 5.04. The SMILES string of the molecule is Cc1ccc(N2CCN(C(=O)C(c3ccccc3)c3ccccc3)CC2)cc1Cl. The molecule has 1 aliphatic rings. The zero-order chi connectivity index (χ0) is 20.2. The number of rotatable bonds is 4. The van der Waals surface area contributed by atoms with E-state index in [9.17, 15) is 4.79 Å². The molecule has 1 saturated heterocycles. The van der Waals surface area contributed by atoms with Crippen LogP contribution in [-0.2, 0) is 4.79 Å². The third-order valence-electron chi connectivity index (χ3n) is 5.62. The molecule has 0 N–H and O–H groups in total. The fourth-order valence-corrected chi connectivity index (χ4v) is 4.09. The zero-order valence-corrected chi connectivity index (χ0v) is 17.3. The van der Waals surface area contributed by atoms with E-state index in [-0.39, 0.29) is 11.8 Å². The molecule has 0 unspecified atom stereocenters. The molecule has 29 heavy (non-hydrogen) atoms. The highest BCUT2D eigenvalue weighted by Crippen LogP contribution is 2.28. The van der Waals surface area contributed by atoms with Crippen LogP contribution in [0.25, 0.3) is 0 Å². The summed E-state index contributed by atoms with van der Waals surface area (Å²) in [6.07, 6.45) is 0. The molecule has 3 aromatic rings. The second kappa shape index (κ2) is 8.71. The molecule has 1 amide bonds. The van der Waals surface area contributed by atoms with Crippen LogP contribution in [-0.4, -0.2) is 37.0 Å². The molecule has 148 valence electrons. The van der Waals surface area contributed by atoms with E-state index in [1.807, 2.05) is 78.6 Å². The molecule has 0 aliphatic carbocycles. The molecule has 4 rings (SSSR count). The van der Waals surface area contributed by atoms with Gasteiger partial charge >= 0.3 is 0 Å². The lowest BCUT2D eigenvalue weighted by Crippen LogP contribution is -2.50. The number of halogens is 1. The Hall–Kier alpha value is -2.78. The number of benzene rings is 3. The molecule has 0 saturated carbocycles. The van der Waals surface area contributed by atoms with Crippen molar-refractivity contribution >= 4 is 23.2 Å². The molecule has 3 aromatic carbocycles. The lowest BCUT2D eigenvalue weighted by atomic mass is 9.90. The molecule has 1 heterocycles. The average molecular weight is 405 g/mol.